The number of aryl methyl sites for hydroxylation is 1. The minimum Gasteiger partial charge on any atom is -0.352 e. The summed E-state index contributed by atoms with van der Waals surface area (Å²) in [6.07, 6.45) is 4.96. The zero-order chi connectivity index (χ0) is 14.4. The molecule has 5 heteroatoms. The highest BCUT2D eigenvalue weighted by atomic mass is 35.5. The van der Waals surface area contributed by atoms with Crippen LogP contribution in [-0.2, 0) is 0 Å². The molecule has 1 aromatic rings. The second kappa shape index (κ2) is 7.60. The number of nitrogens with zero attached hydrogens (tertiary/aromatic N) is 2. The molecule has 20 heavy (non-hydrogen) atoms. The van der Waals surface area contributed by atoms with Crippen molar-refractivity contribution in [3.05, 3.63) is 28.5 Å². The van der Waals surface area contributed by atoms with Crippen LogP contribution in [0.1, 0.15) is 41.7 Å². The molecular weight excluding hydrogens is 274 g/mol. The van der Waals surface area contributed by atoms with Gasteiger partial charge in [0.05, 0.1) is 0 Å². The number of amides is 1. The lowest BCUT2D eigenvalue weighted by Crippen LogP contribution is -2.33. The van der Waals surface area contributed by atoms with Crippen molar-refractivity contribution >= 4 is 17.5 Å². The van der Waals surface area contributed by atoms with E-state index < -0.39 is 0 Å². The van der Waals surface area contributed by atoms with E-state index in [1.165, 1.54) is 32.4 Å². The first kappa shape index (κ1) is 15.3. The molecule has 110 valence electrons. The number of carbonyl (C=O) groups is 1. The van der Waals surface area contributed by atoms with Crippen LogP contribution in [0, 0.1) is 6.92 Å². The number of likely N-dealkylation sites (tertiary alicyclic amines) is 1. The number of pyridine rings is 1. The van der Waals surface area contributed by atoms with Crippen LogP contribution in [0.2, 0.25) is 5.15 Å². The van der Waals surface area contributed by atoms with Crippen LogP contribution in [0.3, 0.4) is 0 Å². The molecule has 1 saturated heterocycles. The second-order valence-corrected chi connectivity index (χ2v) is 5.72. The van der Waals surface area contributed by atoms with Gasteiger partial charge in [0.2, 0.25) is 0 Å². The average Bonchev–Trinajstić information content (AvgIpc) is 2.43. The molecule has 4 nitrogen and oxygen atoms in total. The summed E-state index contributed by atoms with van der Waals surface area (Å²) in [6, 6.07) is 3.36. The highest BCUT2D eigenvalue weighted by molar-refractivity contribution is 6.29. The van der Waals surface area contributed by atoms with Crippen LogP contribution in [0.5, 0.6) is 0 Å². The van der Waals surface area contributed by atoms with Crippen molar-refractivity contribution in [2.24, 2.45) is 0 Å². The second-order valence-electron chi connectivity index (χ2n) is 5.33. The Morgan fingerprint density at radius 2 is 2.10 bits per heavy atom. The Hall–Kier alpha value is -1.13. The molecule has 0 saturated carbocycles. The Bertz CT molecular complexity index is 438. The zero-order valence-electron chi connectivity index (χ0n) is 12.0. The molecule has 1 N–H and O–H groups in total. The maximum absolute atomic E-state index is 12.0. The Labute approximate surface area is 125 Å². The number of piperidine rings is 1. The molecule has 0 aliphatic carbocycles. The third-order valence-corrected chi connectivity index (χ3v) is 3.76. The molecule has 1 aliphatic rings. The third kappa shape index (κ3) is 4.76. The van der Waals surface area contributed by atoms with Gasteiger partial charge in [-0.3, -0.25) is 4.79 Å². The highest BCUT2D eigenvalue weighted by Crippen LogP contribution is 2.10. The number of halogens is 1. The third-order valence-electron chi connectivity index (χ3n) is 3.57. The van der Waals surface area contributed by atoms with Crippen LogP contribution in [0.15, 0.2) is 12.1 Å². The molecule has 0 bridgehead atoms. The number of rotatable bonds is 5. The van der Waals surface area contributed by atoms with Crippen LogP contribution in [0.4, 0.5) is 0 Å². The Morgan fingerprint density at radius 3 is 2.80 bits per heavy atom. The Balaban J connectivity index is 1.71. The van der Waals surface area contributed by atoms with Gasteiger partial charge in [-0.1, -0.05) is 18.0 Å². The molecule has 1 aromatic heterocycles. The SMILES string of the molecule is Cc1cc(C(=O)NCCCN2CCCCC2)cc(Cl)n1. The van der Waals surface area contributed by atoms with Crippen LogP contribution in [-0.4, -0.2) is 42.0 Å². The summed E-state index contributed by atoms with van der Waals surface area (Å²) in [5.41, 5.74) is 1.34. The van der Waals surface area contributed by atoms with Gasteiger partial charge in [-0.15, -0.1) is 0 Å². The van der Waals surface area contributed by atoms with Gasteiger partial charge < -0.3 is 10.2 Å². The molecule has 1 fully saturated rings. The zero-order valence-corrected chi connectivity index (χ0v) is 12.7. The normalized spacial score (nSPS) is 16.1. The van der Waals surface area contributed by atoms with E-state index in [1.54, 1.807) is 12.1 Å². The van der Waals surface area contributed by atoms with Crippen LogP contribution in [0.25, 0.3) is 0 Å². The van der Waals surface area contributed by atoms with Crippen molar-refractivity contribution in [1.29, 1.82) is 0 Å². The largest absolute Gasteiger partial charge is 0.352 e. The minimum absolute atomic E-state index is 0.0731. The van der Waals surface area contributed by atoms with Crippen molar-refractivity contribution in [1.82, 2.24) is 15.2 Å². The molecule has 1 amide bonds. The molecule has 1 aliphatic heterocycles. The van der Waals surface area contributed by atoms with Gasteiger partial charge in [-0.25, -0.2) is 4.98 Å². The monoisotopic (exact) mass is 295 g/mol. The minimum atomic E-state index is -0.0731. The standard InChI is InChI=1S/C15H22ClN3O/c1-12-10-13(11-14(16)18-12)15(20)17-6-5-9-19-7-3-2-4-8-19/h10-11H,2-9H2,1H3,(H,17,20). The molecule has 0 aromatic carbocycles. The first-order valence-corrected chi connectivity index (χ1v) is 7.68. The van der Waals surface area contributed by atoms with Gasteiger partial charge in [0.1, 0.15) is 5.15 Å². The number of hydrogen-bond donors (Lipinski definition) is 1. The van der Waals surface area contributed by atoms with E-state index in [0.29, 0.717) is 17.3 Å². The fourth-order valence-corrected chi connectivity index (χ4v) is 2.80. The summed E-state index contributed by atoms with van der Waals surface area (Å²) in [5, 5.41) is 3.31. The number of hydrogen-bond acceptors (Lipinski definition) is 3. The van der Waals surface area contributed by atoms with E-state index in [0.717, 1.165) is 18.7 Å². The van der Waals surface area contributed by atoms with E-state index in [-0.39, 0.29) is 5.91 Å². The summed E-state index contributed by atoms with van der Waals surface area (Å²) in [4.78, 5) is 18.5. The molecule has 0 spiro atoms. The lowest BCUT2D eigenvalue weighted by Gasteiger charge is -2.26. The maximum Gasteiger partial charge on any atom is 0.251 e. The predicted molar refractivity (Wildman–Crippen MR) is 81.2 cm³/mol. The quantitative estimate of drug-likeness (QED) is 0.671. The van der Waals surface area contributed by atoms with Crippen molar-refractivity contribution in [3.8, 4) is 0 Å². The first-order valence-electron chi connectivity index (χ1n) is 7.30. The van der Waals surface area contributed by atoms with Gasteiger partial charge in [-0.2, -0.15) is 0 Å². The van der Waals surface area contributed by atoms with Crippen LogP contribution < -0.4 is 5.32 Å². The van der Waals surface area contributed by atoms with E-state index in [4.69, 9.17) is 11.6 Å². The lowest BCUT2D eigenvalue weighted by atomic mass is 10.1. The topological polar surface area (TPSA) is 45.2 Å². The first-order chi connectivity index (χ1) is 9.65. The van der Waals surface area contributed by atoms with E-state index in [1.807, 2.05) is 6.92 Å². The summed E-state index contributed by atoms with van der Waals surface area (Å²) in [7, 11) is 0. The van der Waals surface area contributed by atoms with Gasteiger partial charge in [0.15, 0.2) is 0 Å². The summed E-state index contributed by atoms with van der Waals surface area (Å²) in [5.74, 6) is -0.0731. The smallest absolute Gasteiger partial charge is 0.251 e. The van der Waals surface area contributed by atoms with E-state index in [9.17, 15) is 4.79 Å². The van der Waals surface area contributed by atoms with Crippen molar-refractivity contribution in [2.45, 2.75) is 32.6 Å². The van der Waals surface area contributed by atoms with Gasteiger partial charge >= 0.3 is 0 Å². The average molecular weight is 296 g/mol. The van der Waals surface area contributed by atoms with Gasteiger partial charge in [0, 0.05) is 17.8 Å². The fraction of sp³-hybridized carbons (Fsp3) is 0.600. The molecule has 2 heterocycles. The number of nitrogens with one attached hydrogen (secondary N) is 1. The van der Waals surface area contributed by atoms with Gasteiger partial charge in [-0.05, 0) is 58.0 Å². The van der Waals surface area contributed by atoms with E-state index in [2.05, 4.69) is 15.2 Å². The summed E-state index contributed by atoms with van der Waals surface area (Å²) >= 11 is 5.86. The molecule has 2 rings (SSSR count). The Morgan fingerprint density at radius 1 is 1.35 bits per heavy atom. The highest BCUT2D eigenvalue weighted by Gasteiger charge is 2.10. The fourth-order valence-electron chi connectivity index (χ4n) is 2.55. The molecule has 0 unspecified atom stereocenters. The molecular formula is C15H22ClN3O. The molecule has 0 atom stereocenters. The van der Waals surface area contributed by atoms with Crippen molar-refractivity contribution in [2.75, 3.05) is 26.2 Å². The number of carbonyl (C=O) groups excluding carboxylic acids is 1. The number of aromatic nitrogens is 1. The van der Waals surface area contributed by atoms with Gasteiger partial charge in [0.25, 0.3) is 5.91 Å². The lowest BCUT2D eigenvalue weighted by molar-refractivity contribution is 0.0951. The van der Waals surface area contributed by atoms with E-state index >= 15 is 0 Å². The van der Waals surface area contributed by atoms with Crippen molar-refractivity contribution < 1.29 is 4.79 Å². The summed E-state index contributed by atoms with van der Waals surface area (Å²) < 4.78 is 0. The predicted octanol–water partition coefficient (Wildman–Crippen LogP) is 2.65. The van der Waals surface area contributed by atoms with Crippen molar-refractivity contribution in [3.63, 3.8) is 0 Å². The van der Waals surface area contributed by atoms with Crippen LogP contribution >= 0.6 is 11.6 Å². The Kier molecular flexibility index (Phi) is 5.80. The maximum atomic E-state index is 12.0. The molecule has 0 radical (unpaired) electrons. The summed E-state index contributed by atoms with van der Waals surface area (Å²) in [6.45, 7) is 6.00.